The van der Waals surface area contributed by atoms with Crippen molar-refractivity contribution in [3.8, 4) is 5.69 Å². The van der Waals surface area contributed by atoms with Crippen LogP contribution < -0.4 is 5.32 Å². The van der Waals surface area contributed by atoms with Crippen molar-refractivity contribution in [3.05, 3.63) is 64.2 Å². The summed E-state index contributed by atoms with van der Waals surface area (Å²) in [6, 6.07) is 13.6. The number of hydrogen-bond donors (Lipinski definition) is 1. The molecule has 27 heavy (non-hydrogen) atoms. The second kappa shape index (κ2) is 8.54. The number of thioether (sulfide) groups is 1. The average Bonchev–Trinajstić information content (AvgIpc) is 3.08. The van der Waals surface area contributed by atoms with E-state index in [4.69, 9.17) is 11.6 Å². The molecule has 3 aromatic rings. The van der Waals surface area contributed by atoms with Gasteiger partial charge in [-0.05, 0) is 66.1 Å². The Hall–Kier alpha value is -2.38. The number of nitrogens with zero attached hydrogens (tertiary/aromatic N) is 4. The number of benzene rings is 2. The molecule has 0 aliphatic carbocycles. The summed E-state index contributed by atoms with van der Waals surface area (Å²) in [5.41, 5.74) is 4.01. The van der Waals surface area contributed by atoms with Crippen LogP contribution in [0.3, 0.4) is 0 Å². The van der Waals surface area contributed by atoms with Gasteiger partial charge in [0.25, 0.3) is 0 Å². The van der Waals surface area contributed by atoms with Crippen LogP contribution in [-0.2, 0) is 11.3 Å². The number of hydrogen-bond acceptors (Lipinski definition) is 5. The molecule has 1 aromatic heterocycles. The minimum absolute atomic E-state index is 0.102. The molecule has 0 spiro atoms. The van der Waals surface area contributed by atoms with E-state index in [1.807, 2.05) is 51.1 Å². The van der Waals surface area contributed by atoms with E-state index >= 15 is 0 Å². The van der Waals surface area contributed by atoms with Crippen molar-refractivity contribution in [3.63, 3.8) is 0 Å². The molecule has 0 aliphatic rings. The molecule has 0 saturated heterocycles. The van der Waals surface area contributed by atoms with Crippen molar-refractivity contribution in [2.24, 2.45) is 0 Å². The highest BCUT2D eigenvalue weighted by Gasteiger charge is 2.19. The molecule has 1 amide bonds. The van der Waals surface area contributed by atoms with Crippen LogP contribution in [0.4, 0.5) is 0 Å². The SMILES string of the molecule is Cc1cc(C)cc(-n2nnnc2S[C@H](C)C(=O)NCc2ccccc2Cl)c1. The number of amides is 1. The van der Waals surface area contributed by atoms with Gasteiger partial charge in [-0.25, -0.2) is 0 Å². The molecule has 6 nitrogen and oxygen atoms in total. The van der Waals surface area contributed by atoms with Crippen molar-refractivity contribution in [2.45, 2.75) is 37.7 Å². The smallest absolute Gasteiger partial charge is 0.233 e. The minimum atomic E-state index is -0.358. The van der Waals surface area contributed by atoms with E-state index in [0.29, 0.717) is 16.7 Å². The fraction of sp³-hybridized carbons (Fsp3) is 0.263. The van der Waals surface area contributed by atoms with E-state index < -0.39 is 0 Å². The Bertz CT molecular complexity index is 939. The maximum absolute atomic E-state index is 12.5. The highest BCUT2D eigenvalue weighted by molar-refractivity contribution is 8.00. The second-order valence-electron chi connectivity index (χ2n) is 6.29. The third-order valence-electron chi connectivity index (χ3n) is 3.95. The number of aromatic nitrogens is 4. The number of tetrazole rings is 1. The first-order valence-corrected chi connectivity index (χ1v) is 9.74. The third kappa shape index (κ3) is 4.87. The van der Waals surface area contributed by atoms with Crippen molar-refractivity contribution in [1.82, 2.24) is 25.5 Å². The summed E-state index contributed by atoms with van der Waals surface area (Å²) in [4.78, 5) is 12.5. The molecule has 0 saturated carbocycles. The summed E-state index contributed by atoms with van der Waals surface area (Å²) in [7, 11) is 0. The van der Waals surface area contributed by atoms with Crippen molar-refractivity contribution >= 4 is 29.3 Å². The molecule has 140 valence electrons. The number of halogens is 1. The van der Waals surface area contributed by atoms with Gasteiger partial charge in [-0.2, -0.15) is 4.68 Å². The van der Waals surface area contributed by atoms with Gasteiger partial charge in [-0.1, -0.05) is 47.6 Å². The number of carbonyl (C=O) groups is 1. The summed E-state index contributed by atoms with van der Waals surface area (Å²) < 4.78 is 1.66. The lowest BCUT2D eigenvalue weighted by molar-refractivity contribution is -0.120. The molecule has 1 N–H and O–H groups in total. The van der Waals surface area contributed by atoms with E-state index in [0.717, 1.165) is 22.4 Å². The van der Waals surface area contributed by atoms with Gasteiger partial charge in [0, 0.05) is 11.6 Å². The van der Waals surface area contributed by atoms with Gasteiger partial charge in [-0.15, -0.1) is 5.10 Å². The largest absolute Gasteiger partial charge is 0.351 e. The van der Waals surface area contributed by atoms with Crippen LogP contribution in [-0.4, -0.2) is 31.4 Å². The Morgan fingerprint density at radius 1 is 1.22 bits per heavy atom. The van der Waals surface area contributed by atoms with E-state index in [9.17, 15) is 4.79 Å². The number of aryl methyl sites for hydroxylation is 2. The number of nitrogens with one attached hydrogen (secondary N) is 1. The first-order valence-electron chi connectivity index (χ1n) is 8.49. The predicted molar refractivity (Wildman–Crippen MR) is 107 cm³/mol. The molecule has 2 aromatic carbocycles. The molecule has 0 fully saturated rings. The number of rotatable bonds is 6. The van der Waals surface area contributed by atoms with E-state index in [-0.39, 0.29) is 11.2 Å². The van der Waals surface area contributed by atoms with Crippen molar-refractivity contribution < 1.29 is 4.79 Å². The predicted octanol–water partition coefficient (Wildman–Crippen LogP) is 3.73. The van der Waals surface area contributed by atoms with Gasteiger partial charge in [0.15, 0.2) is 0 Å². The monoisotopic (exact) mass is 401 g/mol. The molecule has 1 atom stereocenters. The fourth-order valence-corrected chi connectivity index (χ4v) is 3.70. The molecule has 3 rings (SSSR count). The van der Waals surface area contributed by atoms with Crippen LogP contribution in [0.25, 0.3) is 5.69 Å². The lowest BCUT2D eigenvalue weighted by Gasteiger charge is -2.12. The first-order chi connectivity index (χ1) is 12.9. The molecule has 0 radical (unpaired) electrons. The lowest BCUT2D eigenvalue weighted by atomic mass is 10.1. The van der Waals surface area contributed by atoms with Gasteiger partial charge >= 0.3 is 0 Å². The van der Waals surface area contributed by atoms with Gasteiger partial charge in [0.05, 0.1) is 10.9 Å². The zero-order chi connectivity index (χ0) is 19.4. The highest BCUT2D eigenvalue weighted by Crippen LogP contribution is 2.24. The van der Waals surface area contributed by atoms with Gasteiger partial charge in [0.2, 0.25) is 11.1 Å². The summed E-state index contributed by atoms with van der Waals surface area (Å²) in [5.74, 6) is -0.102. The summed E-state index contributed by atoms with van der Waals surface area (Å²) >= 11 is 7.44. The minimum Gasteiger partial charge on any atom is -0.351 e. The topological polar surface area (TPSA) is 72.7 Å². The fourth-order valence-electron chi connectivity index (χ4n) is 2.67. The number of carbonyl (C=O) groups excluding carboxylic acids is 1. The van der Waals surface area contributed by atoms with Crippen LogP contribution in [0, 0.1) is 13.8 Å². The maximum atomic E-state index is 12.5. The van der Waals surface area contributed by atoms with Crippen LogP contribution in [0.1, 0.15) is 23.6 Å². The maximum Gasteiger partial charge on any atom is 0.233 e. The van der Waals surface area contributed by atoms with Crippen LogP contribution in [0.5, 0.6) is 0 Å². The second-order valence-corrected chi connectivity index (χ2v) is 8.00. The van der Waals surface area contributed by atoms with Gasteiger partial charge in [-0.3, -0.25) is 4.79 Å². The average molecular weight is 402 g/mol. The lowest BCUT2D eigenvalue weighted by Crippen LogP contribution is -2.30. The molecule has 0 bridgehead atoms. The molecular weight excluding hydrogens is 382 g/mol. The standard InChI is InChI=1S/C19H20ClN5OS/c1-12-8-13(2)10-16(9-12)25-19(22-23-24-25)27-14(3)18(26)21-11-15-6-4-5-7-17(15)20/h4-10,14H,11H2,1-3H3,(H,21,26)/t14-/m1/s1. The van der Waals surface area contributed by atoms with Crippen molar-refractivity contribution in [1.29, 1.82) is 0 Å². The molecule has 1 heterocycles. The third-order valence-corrected chi connectivity index (χ3v) is 5.36. The molecule has 0 aliphatic heterocycles. The van der Waals surface area contributed by atoms with Crippen LogP contribution >= 0.6 is 23.4 Å². The Morgan fingerprint density at radius 2 is 1.93 bits per heavy atom. The highest BCUT2D eigenvalue weighted by atomic mass is 35.5. The van der Waals surface area contributed by atoms with Gasteiger partial charge < -0.3 is 5.32 Å². The Labute approximate surface area is 167 Å². The van der Waals surface area contributed by atoms with E-state index in [2.05, 4.69) is 26.9 Å². The zero-order valence-corrected chi connectivity index (χ0v) is 16.9. The van der Waals surface area contributed by atoms with Gasteiger partial charge in [0.1, 0.15) is 0 Å². The zero-order valence-electron chi connectivity index (χ0n) is 15.3. The summed E-state index contributed by atoms with van der Waals surface area (Å²) in [6.07, 6.45) is 0. The van der Waals surface area contributed by atoms with E-state index in [1.165, 1.54) is 11.8 Å². The first kappa shape index (κ1) is 19.4. The normalized spacial score (nSPS) is 12.0. The Kier molecular flexibility index (Phi) is 6.13. The van der Waals surface area contributed by atoms with Crippen LogP contribution in [0.15, 0.2) is 47.6 Å². The van der Waals surface area contributed by atoms with Crippen molar-refractivity contribution in [2.75, 3.05) is 0 Å². The van der Waals surface area contributed by atoms with Crippen LogP contribution in [0.2, 0.25) is 5.02 Å². The Morgan fingerprint density at radius 3 is 2.63 bits per heavy atom. The Balaban J connectivity index is 1.68. The molecule has 8 heteroatoms. The summed E-state index contributed by atoms with van der Waals surface area (Å²) in [5, 5.41) is 15.7. The quantitative estimate of drug-likeness (QED) is 0.637. The van der Waals surface area contributed by atoms with E-state index in [1.54, 1.807) is 10.7 Å². The molecule has 0 unspecified atom stereocenters. The molecular formula is C19H20ClN5OS. The summed E-state index contributed by atoms with van der Waals surface area (Å²) in [6.45, 7) is 6.26.